The zero-order chi connectivity index (χ0) is 28.5. The summed E-state index contributed by atoms with van der Waals surface area (Å²) in [5, 5.41) is 38.9. The van der Waals surface area contributed by atoms with Crippen LogP contribution in [0, 0.1) is 5.21 Å². The van der Waals surface area contributed by atoms with Gasteiger partial charge in [0, 0.05) is 29.1 Å². The molecular formula is C24H16N4O10S-2. The van der Waals surface area contributed by atoms with Crippen LogP contribution in [-0.4, -0.2) is 39.5 Å². The molecule has 4 rings (SSSR count). The average molecular weight is 552 g/mol. The lowest BCUT2D eigenvalue weighted by atomic mass is 10.0. The summed E-state index contributed by atoms with van der Waals surface area (Å²) in [4.78, 5) is 47.1. The molecule has 0 saturated carbocycles. The lowest BCUT2D eigenvalue weighted by Crippen LogP contribution is -2.26. The third kappa shape index (κ3) is 5.48. The normalized spacial score (nSPS) is 11.1. The smallest absolute Gasteiger partial charge is 0.295 e. The van der Waals surface area contributed by atoms with Crippen molar-refractivity contribution in [1.29, 1.82) is 0 Å². The number of pyridine rings is 2. The number of rotatable bonds is 6. The maximum Gasteiger partial charge on any atom is 0.295 e. The highest BCUT2D eigenvalue weighted by Crippen LogP contribution is 2.35. The standard InChI is InChI=1S/C24H17N4O10S/c29-19-11-13(25-23(32)17-3-1-5-21(30)27(17)34)7-9-15(19)16-10-8-14(12-20(16)39(36,37)38)26-24(33)18-4-2-6-22(31)28(18)35/h1-12,29,35H,(H,25,32)(H,26,33)(H,36,37,38)/q-1/p-1. The molecule has 0 atom stereocenters. The number of hydrogen-bond acceptors (Lipinski definition) is 9. The first-order valence-electron chi connectivity index (χ1n) is 10.7. The van der Waals surface area contributed by atoms with Gasteiger partial charge >= 0.3 is 0 Å². The molecule has 0 unspecified atom stereocenters. The first-order chi connectivity index (χ1) is 18.4. The average Bonchev–Trinajstić information content (AvgIpc) is 2.87. The number of nitrogens with zero attached hydrogens (tertiary/aromatic N) is 2. The lowest BCUT2D eigenvalue weighted by molar-refractivity contribution is -0.267. The van der Waals surface area contributed by atoms with E-state index in [9.17, 15) is 47.7 Å². The van der Waals surface area contributed by atoms with Crippen LogP contribution in [-0.2, 0) is 10.1 Å². The fraction of sp³-hybridized carbons (Fsp3) is 0. The highest BCUT2D eigenvalue weighted by atomic mass is 32.2. The molecule has 39 heavy (non-hydrogen) atoms. The molecule has 0 radical (unpaired) electrons. The highest BCUT2D eigenvalue weighted by Gasteiger charge is 2.20. The number of aromatic nitrogens is 2. The molecule has 0 saturated heterocycles. The van der Waals surface area contributed by atoms with Gasteiger partial charge in [-0.05, 0) is 42.0 Å². The molecule has 15 heteroatoms. The molecule has 4 aromatic rings. The van der Waals surface area contributed by atoms with Gasteiger partial charge in [-0.2, -0.15) is 8.42 Å². The summed E-state index contributed by atoms with van der Waals surface area (Å²) in [6, 6.07) is 13.2. The van der Waals surface area contributed by atoms with Crippen LogP contribution in [0.4, 0.5) is 11.4 Å². The van der Waals surface area contributed by atoms with Crippen LogP contribution in [0.15, 0.2) is 87.3 Å². The summed E-state index contributed by atoms with van der Waals surface area (Å²) in [5.74, 6) is -2.73. The maximum absolute atomic E-state index is 12.8. The first kappa shape index (κ1) is 26.6. The number of benzene rings is 2. The van der Waals surface area contributed by atoms with E-state index >= 15 is 0 Å². The van der Waals surface area contributed by atoms with E-state index in [1.54, 1.807) is 0 Å². The predicted octanol–water partition coefficient (Wildman–Crippen LogP) is 1.09. The largest absolute Gasteiger partial charge is 0.872 e. The Labute approximate surface area is 218 Å². The number of nitrogens with one attached hydrogen (secondary N) is 2. The van der Waals surface area contributed by atoms with Gasteiger partial charge in [-0.15, -0.1) is 4.73 Å². The number of carbonyl (C=O) groups excluding carboxylic acids is 2. The van der Waals surface area contributed by atoms with Gasteiger partial charge in [-0.3, -0.25) is 23.7 Å². The summed E-state index contributed by atoms with van der Waals surface area (Å²) in [6.07, 6.45) is 0. The minimum atomic E-state index is -4.94. The van der Waals surface area contributed by atoms with Crippen molar-refractivity contribution >= 4 is 33.3 Å². The molecule has 0 aliphatic rings. The van der Waals surface area contributed by atoms with Gasteiger partial charge in [0.05, 0.1) is 0 Å². The van der Waals surface area contributed by atoms with E-state index in [-0.39, 0.29) is 32.0 Å². The SMILES string of the molecule is O=C(Nc1ccc(-c2ccc(NC(=O)c3cccc(=O)n3O)cc2S(=O)(=O)O)c([O-])c1)c1cccc(=O)n1[O-]. The second kappa shape index (κ2) is 10.2. The maximum atomic E-state index is 12.8. The second-order valence-electron chi connectivity index (χ2n) is 7.91. The van der Waals surface area contributed by atoms with Crippen LogP contribution in [0.2, 0.25) is 0 Å². The van der Waals surface area contributed by atoms with Crippen molar-refractivity contribution in [2.24, 2.45) is 0 Å². The second-order valence-corrected chi connectivity index (χ2v) is 9.30. The fourth-order valence-corrected chi connectivity index (χ4v) is 4.28. The Balaban J connectivity index is 1.65. The Morgan fingerprint density at radius 2 is 1.31 bits per heavy atom. The molecule has 14 nitrogen and oxygen atoms in total. The van der Waals surface area contributed by atoms with Gasteiger partial charge in [0.2, 0.25) is 5.56 Å². The van der Waals surface area contributed by atoms with Crippen LogP contribution in [0.3, 0.4) is 0 Å². The van der Waals surface area contributed by atoms with Crippen LogP contribution in [0.1, 0.15) is 21.0 Å². The number of anilines is 2. The van der Waals surface area contributed by atoms with Gasteiger partial charge in [0.1, 0.15) is 16.3 Å². The predicted molar refractivity (Wildman–Crippen MR) is 134 cm³/mol. The van der Waals surface area contributed by atoms with Gasteiger partial charge in [0.15, 0.2) is 0 Å². The van der Waals surface area contributed by atoms with E-state index in [0.717, 1.165) is 48.5 Å². The van der Waals surface area contributed by atoms with E-state index in [1.807, 2.05) is 0 Å². The highest BCUT2D eigenvalue weighted by molar-refractivity contribution is 7.86. The molecule has 0 fully saturated rings. The van der Waals surface area contributed by atoms with Crippen molar-refractivity contribution in [3.63, 3.8) is 0 Å². The van der Waals surface area contributed by atoms with Gasteiger partial charge in [0.25, 0.3) is 27.5 Å². The van der Waals surface area contributed by atoms with Crippen LogP contribution >= 0.6 is 0 Å². The Morgan fingerprint density at radius 1 is 0.769 bits per heavy atom. The van der Waals surface area contributed by atoms with Gasteiger partial charge in [-0.1, -0.05) is 30.0 Å². The Bertz CT molecular complexity index is 1860. The Kier molecular flexibility index (Phi) is 6.94. The van der Waals surface area contributed by atoms with Crippen molar-refractivity contribution in [3.8, 4) is 16.9 Å². The summed E-state index contributed by atoms with van der Waals surface area (Å²) >= 11 is 0. The van der Waals surface area contributed by atoms with Gasteiger partial charge < -0.3 is 30.9 Å². The first-order valence-corrected chi connectivity index (χ1v) is 12.2. The molecule has 2 heterocycles. The van der Waals surface area contributed by atoms with Crippen molar-refractivity contribution < 1.29 is 32.9 Å². The van der Waals surface area contributed by atoms with E-state index in [1.165, 1.54) is 24.3 Å². The molecule has 0 aliphatic carbocycles. The van der Waals surface area contributed by atoms with E-state index in [4.69, 9.17) is 0 Å². The Morgan fingerprint density at radius 3 is 1.92 bits per heavy atom. The summed E-state index contributed by atoms with van der Waals surface area (Å²) in [6.45, 7) is 0. The van der Waals surface area contributed by atoms with E-state index in [0.29, 0.717) is 0 Å². The molecule has 4 N–H and O–H groups in total. The van der Waals surface area contributed by atoms with Gasteiger partial charge in [-0.25, -0.2) is 0 Å². The van der Waals surface area contributed by atoms with Crippen molar-refractivity contribution in [3.05, 3.63) is 110 Å². The molecule has 0 aliphatic heterocycles. The minimum absolute atomic E-state index is 0.0692. The minimum Gasteiger partial charge on any atom is -0.872 e. The molecule has 2 amide bonds. The molecule has 200 valence electrons. The molecule has 0 spiro atoms. The van der Waals surface area contributed by atoms with Crippen molar-refractivity contribution in [2.45, 2.75) is 4.90 Å². The van der Waals surface area contributed by atoms with Crippen LogP contribution < -0.4 is 26.9 Å². The monoisotopic (exact) mass is 552 g/mol. The number of amides is 2. The van der Waals surface area contributed by atoms with Crippen molar-refractivity contribution in [2.75, 3.05) is 10.6 Å². The summed E-state index contributed by atoms with van der Waals surface area (Å²) in [7, 11) is -4.94. The molecular weight excluding hydrogens is 536 g/mol. The third-order valence-electron chi connectivity index (χ3n) is 5.35. The Hall–Kier alpha value is -5.41. The van der Waals surface area contributed by atoms with Crippen LogP contribution in [0.25, 0.3) is 11.1 Å². The summed E-state index contributed by atoms with van der Waals surface area (Å²) < 4.78 is 34.0. The number of hydrogen-bond donors (Lipinski definition) is 4. The molecule has 2 aromatic heterocycles. The van der Waals surface area contributed by atoms with E-state index < -0.39 is 55.1 Å². The fourth-order valence-electron chi connectivity index (χ4n) is 3.55. The molecule has 2 aromatic carbocycles. The topological polar surface area (TPSA) is 223 Å². The zero-order valence-electron chi connectivity index (χ0n) is 19.4. The van der Waals surface area contributed by atoms with Crippen molar-refractivity contribution in [1.82, 2.24) is 9.46 Å². The van der Waals surface area contributed by atoms with Crippen LogP contribution in [0.5, 0.6) is 5.75 Å². The van der Waals surface area contributed by atoms with E-state index in [2.05, 4.69) is 10.6 Å². The third-order valence-corrected chi connectivity index (χ3v) is 6.25. The lowest BCUT2D eigenvalue weighted by Gasteiger charge is -2.19. The molecule has 0 bridgehead atoms. The number of carbonyl (C=O) groups is 2. The quantitative estimate of drug-likeness (QED) is 0.197. The summed E-state index contributed by atoms with van der Waals surface area (Å²) in [5.41, 5.74) is -3.49. The zero-order valence-corrected chi connectivity index (χ0v) is 20.2.